The van der Waals surface area contributed by atoms with Crippen LogP contribution in [0.1, 0.15) is 61.5 Å². The zero-order valence-corrected chi connectivity index (χ0v) is 19.8. The Morgan fingerprint density at radius 3 is 2.69 bits per heavy atom. The second-order valence-corrected chi connectivity index (χ2v) is 11.2. The number of piperidine rings is 1. The number of amides is 1. The second-order valence-electron chi connectivity index (χ2n) is 9.30. The number of aromatic nitrogens is 3. The third-order valence-corrected chi connectivity index (χ3v) is 8.22. The van der Waals surface area contributed by atoms with Gasteiger partial charge in [-0.25, -0.2) is 8.42 Å². The maximum atomic E-state index is 13.2. The van der Waals surface area contributed by atoms with Crippen molar-refractivity contribution < 1.29 is 13.2 Å². The SMILES string of the molecule is CC1CC(C)CN(S(=O)(=O)c2cccc(C(=O)NCCc3nnc4n3CCCCC4)c2)C1. The fourth-order valence-electron chi connectivity index (χ4n) is 4.87. The third-order valence-electron chi connectivity index (χ3n) is 6.39. The summed E-state index contributed by atoms with van der Waals surface area (Å²) in [6.07, 6.45) is 6.05. The van der Waals surface area contributed by atoms with Gasteiger partial charge in [0.1, 0.15) is 11.6 Å². The number of rotatable bonds is 6. The number of nitrogens with one attached hydrogen (secondary N) is 1. The van der Waals surface area contributed by atoms with Gasteiger partial charge in [-0.15, -0.1) is 10.2 Å². The molecule has 1 N–H and O–H groups in total. The number of hydrogen-bond donors (Lipinski definition) is 1. The number of carbonyl (C=O) groups is 1. The highest BCUT2D eigenvalue weighted by atomic mass is 32.2. The summed E-state index contributed by atoms with van der Waals surface area (Å²) in [7, 11) is -3.62. The number of benzene rings is 1. The molecule has 9 heteroatoms. The van der Waals surface area contributed by atoms with Crippen LogP contribution in [-0.2, 0) is 29.4 Å². The van der Waals surface area contributed by atoms with Gasteiger partial charge in [-0.05, 0) is 49.3 Å². The van der Waals surface area contributed by atoms with E-state index >= 15 is 0 Å². The summed E-state index contributed by atoms with van der Waals surface area (Å²) >= 11 is 0. The van der Waals surface area contributed by atoms with Crippen LogP contribution in [0.5, 0.6) is 0 Å². The lowest BCUT2D eigenvalue weighted by Gasteiger charge is -2.34. The van der Waals surface area contributed by atoms with E-state index in [1.165, 1.54) is 12.5 Å². The topological polar surface area (TPSA) is 97.2 Å². The number of hydrogen-bond acceptors (Lipinski definition) is 5. The number of nitrogens with zero attached hydrogens (tertiary/aromatic N) is 4. The molecule has 1 aromatic carbocycles. The van der Waals surface area contributed by atoms with E-state index in [0.717, 1.165) is 43.9 Å². The predicted molar refractivity (Wildman–Crippen MR) is 122 cm³/mol. The molecule has 2 unspecified atom stereocenters. The van der Waals surface area contributed by atoms with Crippen molar-refractivity contribution in [3.8, 4) is 0 Å². The van der Waals surface area contributed by atoms with E-state index < -0.39 is 10.0 Å². The Kier molecular flexibility index (Phi) is 6.95. The van der Waals surface area contributed by atoms with E-state index in [1.807, 2.05) is 0 Å². The maximum absolute atomic E-state index is 13.2. The standard InChI is InChI=1S/C23H33N5O3S/c1-17-13-18(2)16-27(15-17)32(30,31)20-8-6-7-19(14-20)23(29)24-11-10-22-26-25-21-9-4-3-5-12-28(21)22/h6-8,14,17-18H,3-5,9-13,15-16H2,1-2H3,(H,24,29). The molecule has 2 aliphatic rings. The van der Waals surface area contributed by atoms with Crippen molar-refractivity contribution in [3.05, 3.63) is 41.5 Å². The first-order valence-corrected chi connectivity index (χ1v) is 13.1. The van der Waals surface area contributed by atoms with Gasteiger partial charge in [0.25, 0.3) is 5.91 Å². The van der Waals surface area contributed by atoms with Gasteiger partial charge in [0.15, 0.2) is 0 Å². The molecular formula is C23H33N5O3S. The number of fused-ring (bicyclic) bond motifs is 1. The highest BCUT2D eigenvalue weighted by molar-refractivity contribution is 7.89. The summed E-state index contributed by atoms with van der Waals surface area (Å²) in [6.45, 7) is 6.55. The van der Waals surface area contributed by atoms with Gasteiger partial charge in [0, 0.05) is 44.6 Å². The molecule has 1 amide bonds. The van der Waals surface area contributed by atoms with E-state index in [4.69, 9.17) is 0 Å². The lowest BCUT2D eigenvalue weighted by atomic mass is 9.94. The van der Waals surface area contributed by atoms with Crippen molar-refractivity contribution in [1.29, 1.82) is 0 Å². The molecule has 0 radical (unpaired) electrons. The van der Waals surface area contributed by atoms with Gasteiger partial charge >= 0.3 is 0 Å². The minimum Gasteiger partial charge on any atom is -0.352 e. The Morgan fingerprint density at radius 2 is 1.91 bits per heavy atom. The molecule has 2 atom stereocenters. The van der Waals surface area contributed by atoms with Crippen LogP contribution in [0.3, 0.4) is 0 Å². The first kappa shape index (κ1) is 22.9. The normalized spacial score (nSPS) is 22.2. The molecule has 32 heavy (non-hydrogen) atoms. The van der Waals surface area contributed by atoms with Crippen molar-refractivity contribution in [2.45, 2.75) is 63.8 Å². The average Bonchev–Trinajstić information content (AvgIpc) is 2.99. The Hall–Kier alpha value is -2.26. The Balaban J connectivity index is 1.40. The largest absolute Gasteiger partial charge is 0.352 e. The number of sulfonamides is 1. The van der Waals surface area contributed by atoms with Crippen LogP contribution in [0.25, 0.3) is 0 Å². The van der Waals surface area contributed by atoms with E-state index in [9.17, 15) is 13.2 Å². The molecule has 174 valence electrons. The molecule has 1 fully saturated rings. The fraction of sp³-hybridized carbons (Fsp3) is 0.609. The molecule has 0 saturated carbocycles. The predicted octanol–water partition coefficient (Wildman–Crippen LogP) is 2.64. The molecule has 1 saturated heterocycles. The Labute approximate surface area is 190 Å². The number of carbonyl (C=O) groups excluding carboxylic acids is 1. The average molecular weight is 460 g/mol. The molecule has 2 aliphatic heterocycles. The van der Waals surface area contributed by atoms with Gasteiger partial charge in [-0.3, -0.25) is 4.79 Å². The molecule has 0 spiro atoms. The van der Waals surface area contributed by atoms with Crippen molar-refractivity contribution in [3.63, 3.8) is 0 Å². The van der Waals surface area contributed by atoms with Crippen LogP contribution in [-0.4, -0.2) is 53.0 Å². The lowest BCUT2D eigenvalue weighted by molar-refractivity contribution is 0.0953. The highest BCUT2D eigenvalue weighted by Gasteiger charge is 2.32. The Morgan fingerprint density at radius 1 is 1.12 bits per heavy atom. The first-order valence-electron chi connectivity index (χ1n) is 11.6. The maximum Gasteiger partial charge on any atom is 0.251 e. The van der Waals surface area contributed by atoms with Crippen molar-refractivity contribution in [2.75, 3.05) is 19.6 Å². The van der Waals surface area contributed by atoms with Gasteiger partial charge < -0.3 is 9.88 Å². The van der Waals surface area contributed by atoms with Crippen LogP contribution < -0.4 is 5.32 Å². The summed E-state index contributed by atoms with van der Waals surface area (Å²) < 4.78 is 30.1. The molecule has 0 bridgehead atoms. The summed E-state index contributed by atoms with van der Waals surface area (Å²) in [4.78, 5) is 12.9. The fourth-order valence-corrected chi connectivity index (χ4v) is 6.60. The molecule has 1 aromatic heterocycles. The molecule has 0 aliphatic carbocycles. The molecule has 2 aromatic rings. The zero-order chi connectivity index (χ0) is 22.7. The minimum atomic E-state index is -3.62. The van der Waals surface area contributed by atoms with E-state index in [0.29, 0.717) is 43.5 Å². The van der Waals surface area contributed by atoms with Gasteiger partial charge in [-0.1, -0.05) is 26.3 Å². The van der Waals surface area contributed by atoms with E-state index in [2.05, 4.69) is 33.9 Å². The van der Waals surface area contributed by atoms with Crippen LogP contribution in [0, 0.1) is 11.8 Å². The number of aryl methyl sites for hydroxylation is 1. The summed E-state index contributed by atoms with van der Waals surface area (Å²) in [5.41, 5.74) is 0.351. The van der Waals surface area contributed by atoms with Gasteiger partial charge in [0.05, 0.1) is 4.90 Å². The lowest BCUT2D eigenvalue weighted by Crippen LogP contribution is -2.42. The summed E-state index contributed by atoms with van der Waals surface area (Å²) in [5, 5.41) is 11.5. The van der Waals surface area contributed by atoms with E-state index in [-0.39, 0.29) is 10.8 Å². The monoisotopic (exact) mass is 459 g/mol. The quantitative estimate of drug-likeness (QED) is 0.716. The van der Waals surface area contributed by atoms with Gasteiger partial charge in [0.2, 0.25) is 10.0 Å². The van der Waals surface area contributed by atoms with Gasteiger partial charge in [-0.2, -0.15) is 4.31 Å². The molecular weight excluding hydrogens is 426 g/mol. The van der Waals surface area contributed by atoms with Crippen molar-refractivity contribution in [1.82, 2.24) is 24.4 Å². The smallest absolute Gasteiger partial charge is 0.251 e. The third kappa shape index (κ3) is 5.04. The molecule has 8 nitrogen and oxygen atoms in total. The summed E-state index contributed by atoms with van der Waals surface area (Å²) in [5.74, 6) is 2.30. The van der Waals surface area contributed by atoms with Crippen molar-refractivity contribution in [2.24, 2.45) is 11.8 Å². The van der Waals surface area contributed by atoms with Crippen LogP contribution >= 0.6 is 0 Å². The second kappa shape index (κ2) is 9.70. The highest BCUT2D eigenvalue weighted by Crippen LogP contribution is 2.27. The summed E-state index contributed by atoms with van der Waals surface area (Å²) in [6, 6.07) is 6.34. The zero-order valence-electron chi connectivity index (χ0n) is 19.0. The minimum absolute atomic E-state index is 0.175. The molecule has 4 rings (SSSR count). The molecule has 3 heterocycles. The van der Waals surface area contributed by atoms with Crippen molar-refractivity contribution >= 4 is 15.9 Å². The van der Waals surface area contributed by atoms with Crippen LogP contribution in [0.15, 0.2) is 29.2 Å². The van der Waals surface area contributed by atoms with Crippen LogP contribution in [0.2, 0.25) is 0 Å². The first-order chi connectivity index (χ1) is 15.3. The Bertz CT molecular complexity index is 1060. The van der Waals surface area contributed by atoms with E-state index in [1.54, 1.807) is 22.5 Å². The van der Waals surface area contributed by atoms with Crippen LogP contribution in [0.4, 0.5) is 0 Å².